The summed E-state index contributed by atoms with van der Waals surface area (Å²) in [5.41, 5.74) is -0.572. The molecule has 1 unspecified atom stereocenters. The molecule has 0 aliphatic carbocycles. The molecule has 2 aliphatic heterocycles. The third kappa shape index (κ3) is 3.96. The number of rotatable bonds is 4. The van der Waals surface area contributed by atoms with E-state index in [1.54, 1.807) is 0 Å². The van der Waals surface area contributed by atoms with Gasteiger partial charge in [-0.2, -0.15) is 13.2 Å². The molecule has 3 rings (SSSR count). The first-order valence-electron chi connectivity index (χ1n) is 8.02. The lowest BCUT2D eigenvalue weighted by atomic mass is 9.81. The molecule has 0 radical (unpaired) electrons. The number of aromatic nitrogens is 1. The summed E-state index contributed by atoms with van der Waals surface area (Å²) < 4.78 is 62.8. The first kappa shape index (κ1) is 17.8. The van der Waals surface area contributed by atoms with Gasteiger partial charge in [-0.15, -0.1) is 0 Å². The molecule has 0 saturated carbocycles. The summed E-state index contributed by atoms with van der Waals surface area (Å²) in [6, 6.07) is 1.98. The molecule has 2 saturated heterocycles. The van der Waals surface area contributed by atoms with Gasteiger partial charge in [-0.3, -0.25) is 9.19 Å². The molecule has 0 amide bonds. The lowest BCUT2D eigenvalue weighted by Gasteiger charge is -2.47. The molecular weight excluding hydrogens is 344 g/mol. The third-order valence-corrected chi connectivity index (χ3v) is 6.86. The smallest absolute Gasteiger partial charge is 0.303 e. The van der Waals surface area contributed by atoms with Crippen LogP contribution in [0.4, 0.5) is 17.6 Å². The van der Waals surface area contributed by atoms with Crippen molar-refractivity contribution in [3.8, 4) is 0 Å². The van der Waals surface area contributed by atoms with Crippen LogP contribution in [0.3, 0.4) is 0 Å². The Kier molecular flexibility index (Phi) is 4.97. The highest BCUT2D eigenvalue weighted by Gasteiger charge is 2.44. The van der Waals surface area contributed by atoms with Crippen molar-refractivity contribution >= 4 is 10.8 Å². The van der Waals surface area contributed by atoms with Crippen LogP contribution in [-0.2, 0) is 17.0 Å². The minimum atomic E-state index is -4.50. The zero-order valence-electron chi connectivity index (χ0n) is 13.2. The zero-order valence-corrected chi connectivity index (χ0v) is 14.0. The molecule has 1 aromatic heterocycles. The molecule has 8 heteroatoms. The van der Waals surface area contributed by atoms with Crippen molar-refractivity contribution < 1.29 is 21.8 Å². The molecule has 24 heavy (non-hydrogen) atoms. The van der Waals surface area contributed by atoms with Crippen molar-refractivity contribution in [1.29, 1.82) is 0 Å². The van der Waals surface area contributed by atoms with Gasteiger partial charge in [-0.25, -0.2) is 4.39 Å². The van der Waals surface area contributed by atoms with E-state index in [1.807, 2.05) is 0 Å². The summed E-state index contributed by atoms with van der Waals surface area (Å²) in [4.78, 5) is 5.48. The van der Waals surface area contributed by atoms with Gasteiger partial charge >= 0.3 is 6.18 Å². The standard InChI is InChI=1S/C16H20F4N2OS/c17-13(12-1-2-14(21-9-12)16(18,19)20)3-6-22-7-4-15(5-8-22)10-24(23)11-15/h1-2,9,13H,3-8,10-11H2. The molecule has 0 bridgehead atoms. The first-order chi connectivity index (χ1) is 11.3. The predicted octanol–water partition coefficient (Wildman–Crippen LogP) is 3.35. The van der Waals surface area contributed by atoms with E-state index in [2.05, 4.69) is 9.88 Å². The number of hydrogen-bond acceptors (Lipinski definition) is 3. The molecule has 3 nitrogen and oxygen atoms in total. The Bertz CT molecular complexity index is 587. The molecule has 1 aromatic rings. The second-order valence-corrected chi connectivity index (χ2v) is 8.26. The van der Waals surface area contributed by atoms with Gasteiger partial charge in [0.05, 0.1) is 0 Å². The molecule has 2 fully saturated rings. The van der Waals surface area contributed by atoms with Crippen LogP contribution in [0.2, 0.25) is 0 Å². The normalized spacial score (nSPS) is 23.2. The summed E-state index contributed by atoms with van der Waals surface area (Å²) in [7, 11) is -0.650. The van der Waals surface area contributed by atoms with E-state index in [4.69, 9.17) is 0 Å². The monoisotopic (exact) mass is 364 g/mol. The Labute approximate surface area is 140 Å². The highest BCUT2D eigenvalue weighted by molar-refractivity contribution is 7.86. The van der Waals surface area contributed by atoms with Crippen LogP contribution in [0.1, 0.15) is 36.7 Å². The third-order valence-electron chi connectivity index (χ3n) is 4.99. The Hall–Kier alpha value is -1.02. The van der Waals surface area contributed by atoms with Gasteiger partial charge in [0, 0.05) is 40.6 Å². The van der Waals surface area contributed by atoms with E-state index < -0.39 is 28.8 Å². The summed E-state index contributed by atoms with van der Waals surface area (Å²) in [5, 5.41) is 0. The topological polar surface area (TPSA) is 33.2 Å². The lowest BCUT2D eigenvalue weighted by molar-refractivity contribution is -0.141. The fourth-order valence-corrected chi connectivity index (χ4v) is 5.26. The molecule has 134 valence electrons. The maximum atomic E-state index is 14.2. The van der Waals surface area contributed by atoms with Crippen LogP contribution in [0.5, 0.6) is 0 Å². The summed E-state index contributed by atoms with van der Waals surface area (Å²) >= 11 is 0. The number of likely N-dealkylation sites (tertiary alicyclic amines) is 1. The molecule has 2 aliphatic rings. The fraction of sp³-hybridized carbons (Fsp3) is 0.688. The molecule has 1 atom stereocenters. The maximum absolute atomic E-state index is 14.2. The van der Waals surface area contributed by atoms with Crippen LogP contribution in [-0.4, -0.2) is 45.2 Å². The van der Waals surface area contributed by atoms with Gasteiger partial charge in [-0.1, -0.05) is 6.07 Å². The van der Waals surface area contributed by atoms with Crippen molar-refractivity contribution in [3.05, 3.63) is 29.6 Å². The average Bonchev–Trinajstić information content (AvgIpc) is 2.52. The van der Waals surface area contributed by atoms with E-state index >= 15 is 0 Å². The second kappa shape index (κ2) is 6.71. The Morgan fingerprint density at radius 2 is 1.92 bits per heavy atom. The van der Waals surface area contributed by atoms with Crippen molar-refractivity contribution in [3.63, 3.8) is 0 Å². The molecule has 0 aromatic carbocycles. The van der Waals surface area contributed by atoms with Gasteiger partial charge in [0.2, 0.25) is 0 Å². The van der Waals surface area contributed by atoms with E-state index in [-0.39, 0.29) is 17.4 Å². The van der Waals surface area contributed by atoms with Gasteiger partial charge in [0.1, 0.15) is 11.9 Å². The number of alkyl halides is 4. The van der Waals surface area contributed by atoms with Crippen molar-refractivity contribution in [2.45, 2.75) is 31.6 Å². The Morgan fingerprint density at radius 1 is 1.25 bits per heavy atom. The van der Waals surface area contributed by atoms with Gasteiger partial charge in [0.25, 0.3) is 0 Å². The highest BCUT2D eigenvalue weighted by atomic mass is 32.2. The minimum Gasteiger partial charge on any atom is -0.303 e. The SMILES string of the molecule is O=S1CC2(CCN(CCC(F)c3ccc(C(F)(F)F)nc3)CC2)C1. The molecule has 3 heterocycles. The number of nitrogens with zero attached hydrogens (tertiary/aromatic N) is 2. The minimum absolute atomic E-state index is 0.186. The Morgan fingerprint density at radius 3 is 2.42 bits per heavy atom. The van der Waals surface area contributed by atoms with E-state index in [1.165, 1.54) is 0 Å². The number of hydrogen-bond donors (Lipinski definition) is 0. The number of pyridine rings is 1. The van der Waals surface area contributed by atoms with Gasteiger partial charge in [0.15, 0.2) is 0 Å². The van der Waals surface area contributed by atoms with Crippen molar-refractivity contribution in [1.82, 2.24) is 9.88 Å². The Balaban J connectivity index is 1.46. The van der Waals surface area contributed by atoms with Crippen LogP contribution >= 0.6 is 0 Å². The molecule has 1 spiro atoms. The number of halogens is 4. The quantitative estimate of drug-likeness (QED) is 0.769. The highest BCUT2D eigenvalue weighted by Crippen LogP contribution is 2.40. The molecular formula is C16H20F4N2OS. The van der Waals surface area contributed by atoms with Crippen LogP contribution in [0, 0.1) is 5.41 Å². The van der Waals surface area contributed by atoms with E-state index in [9.17, 15) is 21.8 Å². The van der Waals surface area contributed by atoms with Gasteiger partial charge in [-0.05, 0) is 43.8 Å². The zero-order chi connectivity index (χ0) is 17.4. The van der Waals surface area contributed by atoms with Gasteiger partial charge < -0.3 is 4.90 Å². The fourth-order valence-electron chi connectivity index (χ4n) is 3.40. The largest absolute Gasteiger partial charge is 0.433 e. The number of piperidine rings is 1. The van der Waals surface area contributed by atoms with Crippen molar-refractivity contribution in [2.24, 2.45) is 5.41 Å². The summed E-state index contributed by atoms with van der Waals surface area (Å²) in [5.74, 6) is 1.59. The molecule has 0 N–H and O–H groups in total. The summed E-state index contributed by atoms with van der Waals surface area (Å²) in [6.07, 6.45) is -2.60. The predicted molar refractivity (Wildman–Crippen MR) is 83.7 cm³/mol. The van der Waals surface area contributed by atoms with Crippen LogP contribution in [0.25, 0.3) is 0 Å². The van der Waals surface area contributed by atoms with Crippen LogP contribution < -0.4 is 0 Å². The first-order valence-corrected chi connectivity index (χ1v) is 9.51. The van der Waals surface area contributed by atoms with E-state index in [0.29, 0.717) is 6.54 Å². The maximum Gasteiger partial charge on any atom is 0.433 e. The van der Waals surface area contributed by atoms with Crippen LogP contribution in [0.15, 0.2) is 18.3 Å². The lowest BCUT2D eigenvalue weighted by Crippen LogP contribution is -2.52. The van der Waals surface area contributed by atoms with Crippen molar-refractivity contribution in [2.75, 3.05) is 31.1 Å². The summed E-state index contributed by atoms with van der Waals surface area (Å²) in [6.45, 7) is 2.31. The second-order valence-electron chi connectivity index (χ2n) is 6.80. The van der Waals surface area contributed by atoms with E-state index in [0.717, 1.165) is 55.8 Å². The average molecular weight is 364 g/mol.